The van der Waals surface area contributed by atoms with Crippen LogP contribution in [0.3, 0.4) is 0 Å². The van der Waals surface area contributed by atoms with Gasteiger partial charge < -0.3 is 9.52 Å². The van der Waals surface area contributed by atoms with Crippen molar-refractivity contribution in [2.45, 2.75) is 32.8 Å². The molecule has 2 heteroatoms. The van der Waals surface area contributed by atoms with Gasteiger partial charge in [0.25, 0.3) is 0 Å². The summed E-state index contributed by atoms with van der Waals surface area (Å²) in [5.41, 5.74) is 4.06. The van der Waals surface area contributed by atoms with E-state index in [1.165, 1.54) is 5.56 Å². The third-order valence-corrected chi connectivity index (χ3v) is 3.95. The first-order valence-corrected chi connectivity index (χ1v) is 7.33. The number of aliphatic hydroxyl groups excluding tert-OH is 1. The van der Waals surface area contributed by atoms with Crippen LogP contribution in [0.2, 0.25) is 0 Å². The lowest BCUT2D eigenvalue weighted by Crippen LogP contribution is -1.98. The Labute approximate surface area is 125 Å². The third-order valence-electron chi connectivity index (χ3n) is 3.95. The van der Waals surface area contributed by atoms with E-state index in [1.807, 2.05) is 43.3 Å². The summed E-state index contributed by atoms with van der Waals surface area (Å²) in [7, 11) is 0. The molecule has 0 amide bonds. The SMILES string of the molecule is Cc1cccc2cc(C(O)c3ccc(C(C)C)cc3)oc12. The Morgan fingerprint density at radius 2 is 1.62 bits per heavy atom. The Bertz CT molecular complexity index is 751. The van der Waals surface area contributed by atoms with Crippen LogP contribution in [0.25, 0.3) is 11.0 Å². The van der Waals surface area contributed by atoms with Gasteiger partial charge in [-0.2, -0.15) is 0 Å². The number of aryl methyl sites for hydroxylation is 1. The highest BCUT2D eigenvalue weighted by molar-refractivity contribution is 5.81. The molecule has 108 valence electrons. The molecule has 0 aliphatic heterocycles. The molecule has 0 saturated carbocycles. The van der Waals surface area contributed by atoms with Crippen LogP contribution in [0.15, 0.2) is 52.9 Å². The molecule has 2 aromatic carbocycles. The molecule has 0 aliphatic rings. The number of para-hydroxylation sites is 1. The summed E-state index contributed by atoms with van der Waals surface area (Å²) in [4.78, 5) is 0. The lowest BCUT2D eigenvalue weighted by atomic mass is 9.99. The van der Waals surface area contributed by atoms with E-state index < -0.39 is 6.10 Å². The normalized spacial score (nSPS) is 13.0. The van der Waals surface area contributed by atoms with E-state index in [-0.39, 0.29) is 0 Å². The summed E-state index contributed by atoms with van der Waals surface area (Å²) in [6, 6.07) is 16.0. The number of benzene rings is 2. The number of fused-ring (bicyclic) bond motifs is 1. The predicted molar refractivity (Wildman–Crippen MR) is 85.5 cm³/mol. The highest BCUT2D eigenvalue weighted by atomic mass is 16.4. The van der Waals surface area contributed by atoms with Crippen molar-refractivity contribution >= 4 is 11.0 Å². The van der Waals surface area contributed by atoms with Gasteiger partial charge in [0.05, 0.1) is 0 Å². The smallest absolute Gasteiger partial charge is 0.138 e. The number of rotatable bonds is 3. The maximum atomic E-state index is 10.5. The van der Waals surface area contributed by atoms with Gasteiger partial charge in [0.15, 0.2) is 0 Å². The molecular formula is C19H20O2. The van der Waals surface area contributed by atoms with Crippen molar-refractivity contribution in [1.82, 2.24) is 0 Å². The second-order valence-electron chi connectivity index (χ2n) is 5.87. The lowest BCUT2D eigenvalue weighted by molar-refractivity contribution is 0.192. The summed E-state index contributed by atoms with van der Waals surface area (Å²) in [6.45, 7) is 6.33. The molecule has 1 N–H and O–H groups in total. The number of aliphatic hydroxyl groups is 1. The molecule has 0 bridgehead atoms. The van der Waals surface area contributed by atoms with Crippen LogP contribution in [0.4, 0.5) is 0 Å². The van der Waals surface area contributed by atoms with Crippen LogP contribution >= 0.6 is 0 Å². The van der Waals surface area contributed by atoms with E-state index in [4.69, 9.17) is 4.42 Å². The third kappa shape index (κ3) is 2.59. The van der Waals surface area contributed by atoms with Crippen LogP contribution in [0.1, 0.15) is 48.3 Å². The maximum absolute atomic E-state index is 10.5. The summed E-state index contributed by atoms with van der Waals surface area (Å²) in [6.07, 6.45) is -0.724. The zero-order valence-electron chi connectivity index (χ0n) is 12.6. The van der Waals surface area contributed by atoms with Gasteiger partial charge in [-0.25, -0.2) is 0 Å². The van der Waals surface area contributed by atoms with Crippen molar-refractivity contribution in [2.75, 3.05) is 0 Å². The summed E-state index contributed by atoms with van der Waals surface area (Å²) in [5.74, 6) is 1.08. The molecular weight excluding hydrogens is 260 g/mol. The summed E-state index contributed by atoms with van der Waals surface area (Å²) in [5, 5.41) is 11.5. The van der Waals surface area contributed by atoms with Gasteiger partial charge in [-0.05, 0) is 35.6 Å². The lowest BCUT2D eigenvalue weighted by Gasteiger charge is -2.10. The van der Waals surface area contributed by atoms with Gasteiger partial charge in [-0.15, -0.1) is 0 Å². The fourth-order valence-corrected chi connectivity index (χ4v) is 2.59. The molecule has 1 unspecified atom stereocenters. The summed E-state index contributed by atoms with van der Waals surface area (Å²) < 4.78 is 5.84. The van der Waals surface area contributed by atoms with Gasteiger partial charge in [-0.1, -0.05) is 56.3 Å². The van der Waals surface area contributed by atoms with E-state index in [0.717, 1.165) is 22.1 Å². The van der Waals surface area contributed by atoms with Crippen LogP contribution in [0.5, 0.6) is 0 Å². The minimum Gasteiger partial charge on any atom is -0.458 e. The minimum atomic E-state index is -0.724. The van der Waals surface area contributed by atoms with Gasteiger partial charge >= 0.3 is 0 Å². The standard InChI is InChI=1S/C19H20O2/c1-12(2)14-7-9-15(10-8-14)18(20)17-11-16-6-4-5-13(3)19(16)21-17/h4-12,18,20H,1-3H3. The molecule has 21 heavy (non-hydrogen) atoms. The first-order valence-electron chi connectivity index (χ1n) is 7.33. The van der Waals surface area contributed by atoms with Gasteiger partial charge in [-0.3, -0.25) is 0 Å². The van der Waals surface area contributed by atoms with Gasteiger partial charge in [0.1, 0.15) is 17.4 Å². The quantitative estimate of drug-likeness (QED) is 0.736. The Morgan fingerprint density at radius 3 is 2.24 bits per heavy atom. The van der Waals surface area contributed by atoms with Crippen molar-refractivity contribution in [3.63, 3.8) is 0 Å². The Morgan fingerprint density at radius 1 is 0.952 bits per heavy atom. The van der Waals surface area contributed by atoms with E-state index in [2.05, 4.69) is 26.0 Å². The van der Waals surface area contributed by atoms with Crippen molar-refractivity contribution in [3.05, 3.63) is 71.0 Å². The highest BCUT2D eigenvalue weighted by Crippen LogP contribution is 2.30. The molecule has 1 heterocycles. The van der Waals surface area contributed by atoms with Crippen molar-refractivity contribution in [3.8, 4) is 0 Å². The first kappa shape index (κ1) is 13.9. The molecule has 1 aromatic heterocycles. The van der Waals surface area contributed by atoms with Crippen LogP contribution in [0, 0.1) is 6.92 Å². The fourth-order valence-electron chi connectivity index (χ4n) is 2.59. The van der Waals surface area contributed by atoms with E-state index in [0.29, 0.717) is 11.7 Å². The van der Waals surface area contributed by atoms with Crippen molar-refractivity contribution in [1.29, 1.82) is 0 Å². The number of hydrogen-bond acceptors (Lipinski definition) is 2. The highest BCUT2D eigenvalue weighted by Gasteiger charge is 2.16. The molecule has 0 aliphatic carbocycles. The minimum absolute atomic E-state index is 0.491. The second kappa shape index (κ2) is 5.38. The fraction of sp³-hybridized carbons (Fsp3) is 0.263. The Kier molecular flexibility index (Phi) is 3.56. The van der Waals surface area contributed by atoms with Crippen LogP contribution in [-0.4, -0.2) is 5.11 Å². The average Bonchev–Trinajstić information content (AvgIpc) is 2.92. The zero-order chi connectivity index (χ0) is 15.0. The van der Waals surface area contributed by atoms with E-state index in [9.17, 15) is 5.11 Å². The molecule has 1 atom stereocenters. The first-order chi connectivity index (χ1) is 10.1. The number of hydrogen-bond donors (Lipinski definition) is 1. The molecule has 2 nitrogen and oxygen atoms in total. The van der Waals surface area contributed by atoms with Crippen molar-refractivity contribution < 1.29 is 9.52 Å². The van der Waals surface area contributed by atoms with E-state index >= 15 is 0 Å². The van der Waals surface area contributed by atoms with E-state index in [1.54, 1.807) is 0 Å². The molecule has 0 spiro atoms. The van der Waals surface area contributed by atoms with Crippen LogP contribution in [-0.2, 0) is 0 Å². The summed E-state index contributed by atoms with van der Waals surface area (Å²) >= 11 is 0. The average molecular weight is 280 g/mol. The molecule has 3 aromatic rings. The monoisotopic (exact) mass is 280 g/mol. The molecule has 0 fully saturated rings. The molecule has 0 radical (unpaired) electrons. The Balaban J connectivity index is 1.96. The topological polar surface area (TPSA) is 33.4 Å². The van der Waals surface area contributed by atoms with Gasteiger partial charge in [0.2, 0.25) is 0 Å². The van der Waals surface area contributed by atoms with Crippen LogP contribution < -0.4 is 0 Å². The maximum Gasteiger partial charge on any atom is 0.138 e. The van der Waals surface area contributed by atoms with Crippen molar-refractivity contribution in [2.24, 2.45) is 0 Å². The predicted octanol–water partition coefficient (Wildman–Crippen LogP) is 4.95. The largest absolute Gasteiger partial charge is 0.458 e. The molecule has 3 rings (SSSR count). The Hall–Kier alpha value is -2.06. The zero-order valence-corrected chi connectivity index (χ0v) is 12.6. The number of furan rings is 1. The van der Waals surface area contributed by atoms with Gasteiger partial charge in [0, 0.05) is 5.39 Å². The second-order valence-corrected chi connectivity index (χ2v) is 5.87. The molecule has 0 saturated heterocycles.